The molecule has 1 aromatic rings. The van der Waals surface area contributed by atoms with Gasteiger partial charge in [0.05, 0.1) is 0 Å². The molecule has 1 rings (SSSR count). The van der Waals surface area contributed by atoms with Crippen molar-refractivity contribution >= 4 is 21.9 Å². The second-order valence-corrected chi connectivity index (χ2v) is 4.02. The molecule has 16 heavy (non-hydrogen) atoms. The second-order valence-electron chi connectivity index (χ2n) is 3.11. The lowest BCUT2D eigenvalue weighted by molar-refractivity contribution is -0.132. The number of hydrogen-bond donors (Lipinski definition) is 1. The Morgan fingerprint density at radius 3 is 2.81 bits per heavy atom. The van der Waals surface area contributed by atoms with E-state index in [0.717, 1.165) is 0 Å². The maximum Gasteiger partial charge on any atom is 0.331 e. The Bertz CT molecular complexity index is 409. The van der Waals surface area contributed by atoms with Crippen LogP contribution in [-0.4, -0.2) is 17.7 Å². The molecule has 0 atom stereocenters. The zero-order valence-corrected chi connectivity index (χ0v) is 10.1. The third-order valence-corrected chi connectivity index (χ3v) is 2.27. The highest BCUT2D eigenvalue weighted by molar-refractivity contribution is 9.10. The van der Waals surface area contributed by atoms with Crippen LogP contribution in [0.2, 0.25) is 0 Å². The van der Waals surface area contributed by atoms with Crippen molar-refractivity contribution in [3.8, 4) is 5.75 Å². The summed E-state index contributed by atoms with van der Waals surface area (Å²) in [6, 6.07) is 4.15. The lowest BCUT2D eigenvalue weighted by Crippen LogP contribution is -2.00. The fraction of sp³-hybridized carbons (Fsp3) is 0.182. The van der Waals surface area contributed by atoms with Gasteiger partial charge in [-0.2, -0.15) is 0 Å². The lowest BCUT2D eigenvalue weighted by Gasteiger charge is -2.04. The van der Waals surface area contributed by atoms with Crippen LogP contribution in [-0.2, 0) is 4.79 Å². The first-order valence-corrected chi connectivity index (χ1v) is 5.27. The Hall–Kier alpha value is -1.36. The van der Waals surface area contributed by atoms with Gasteiger partial charge in [0.1, 0.15) is 18.2 Å². The van der Waals surface area contributed by atoms with Gasteiger partial charge in [0.25, 0.3) is 0 Å². The van der Waals surface area contributed by atoms with Crippen LogP contribution >= 0.6 is 15.9 Å². The van der Waals surface area contributed by atoms with Gasteiger partial charge in [0.15, 0.2) is 0 Å². The smallest absolute Gasteiger partial charge is 0.331 e. The first-order chi connectivity index (χ1) is 7.49. The number of rotatable bonds is 4. The van der Waals surface area contributed by atoms with E-state index in [0.29, 0.717) is 10.2 Å². The summed E-state index contributed by atoms with van der Waals surface area (Å²) in [7, 11) is 0. The summed E-state index contributed by atoms with van der Waals surface area (Å²) in [4.78, 5) is 10.5. The monoisotopic (exact) mass is 288 g/mol. The fourth-order valence-corrected chi connectivity index (χ4v) is 1.41. The molecule has 0 aliphatic carbocycles. The maximum atomic E-state index is 12.9. The average molecular weight is 289 g/mol. The van der Waals surface area contributed by atoms with Crippen molar-refractivity contribution in [3.63, 3.8) is 0 Å². The molecule has 0 fully saturated rings. The molecule has 3 nitrogen and oxygen atoms in total. The van der Waals surface area contributed by atoms with Gasteiger partial charge in [-0.05, 0) is 25.1 Å². The summed E-state index contributed by atoms with van der Waals surface area (Å²) in [5.41, 5.74) is 0.190. The van der Waals surface area contributed by atoms with Gasteiger partial charge in [-0.3, -0.25) is 0 Å². The van der Waals surface area contributed by atoms with Gasteiger partial charge in [0, 0.05) is 16.1 Å². The molecule has 0 saturated carbocycles. The molecule has 0 heterocycles. The third kappa shape index (κ3) is 4.02. The predicted molar refractivity (Wildman–Crippen MR) is 61.0 cm³/mol. The molecule has 1 N–H and O–H groups in total. The highest BCUT2D eigenvalue weighted by Crippen LogP contribution is 2.20. The van der Waals surface area contributed by atoms with Gasteiger partial charge in [-0.1, -0.05) is 15.9 Å². The number of carboxylic acids is 1. The molecule has 5 heteroatoms. The van der Waals surface area contributed by atoms with E-state index in [-0.39, 0.29) is 12.2 Å². The van der Waals surface area contributed by atoms with Gasteiger partial charge in [-0.15, -0.1) is 0 Å². The number of carbonyl (C=O) groups is 1. The van der Waals surface area contributed by atoms with Gasteiger partial charge < -0.3 is 9.84 Å². The first kappa shape index (κ1) is 12.7. The molecule has 0 radical (unpaired) electrons. The van der Waals surface area contributed by atoms with E-state index in [1.54, 1.807) is 6.07 Å². The van der Waals surface area contributed by atoms with E-state index >= 15 is 0 Å². The second kappa shape index (κ2) is 5.65. The highest BCUT2D eigenvalue weighted by Gasteiger charge is 2.01. The normalized spacial score (nSPS) is 11.3. The number of ether oxygens (including phenoxy) is 1. The average Bonchev–Trinajstić information content (AvgIpc) is 2.15. The van der Waals surface area contributed by atoms with Crippen molar-refractivity contribution in [2.75, 3.05) is 6.61 Å². The van der Waals surface area contributed by atoms with Crippen molar-refractivity contribution in [2.45, 2.75) is 6.92 Å². The van der Waals surface area contributed by atoms with Gasteiger partial charge in [-0.25, -0.2) is 9.18 Å². The van der Waals surface area contributed by atoms with Crippen LogP contribution in [0.15, 0.2) is 34.3 Å². The molecular weight excluding hydrogens is 279 g/mol. The van der Waals surface area contributed by atoms with Gasteiger partial charge in [0.2, 0.25) is 0 Å². The molecule has 0 spiro atoms. The first-order valence-electron chi connectivity index (χ1n) is 4.48. The summed E-state index contributed by atoms with van der Waals surface area (Å²) in [5.74, 6) is -1.06. The van der Waals surface area contributed by atoms with Crippen molar-refractivity contribution in [1.29, 1.82) is 0 Å². The van der Waals surface area contributed by atoms with Crippen LogP contribution in [0.25, 0.3) is 0 Å². The van der Waals surface area contributed by atoms with E-state index in [9.17, 15) is 9.18 Å². The van der Waals surface area contributed by atoms with Gasteiger partial charge >= 0.3 is 5.97 Å². The van der Waals surface area contributed by atoms with Crippen LogP contribution < -0.4 is 4.74 Å². The number of halogens is 2. The maximum absolute atomic E-state index is 12.9. The lowest BCUT2D eigenvalue weighted by atomic mass is 10.3. The van der Waals surface area contributed by atoms with E-state index < -0.39 is 11.8 Å². The van der Waals surface area contributed by atoms with Crippen molar-refractivity contribution < 1.29 is 19.0 Å². The van der Waals surface area contributed by atoms with E-state index in [4.69, 9.17) is 9.84 Å². The highest BCUT2D eigenvalue weighted by atomic mass is 79.9. The van der Waals surface area contributed by atoms with E-state index in [1.807, 2.05) is 0 Å². The topological polar surface area (TPSA) is 46.5 Å². The van der Waals surface area contributed by atoms with Crippen molar-refractivity contribution in [3.05, 3.63) is 40.1 Å². The third-order valence-electron chi connectivity index (χ3n) is 1.81. The van der Waals surface area contributed by atoms with Crippen LogP contribution in [0.3, 0.4) is 0 Å². The van der Waals surface area contributed by atoms with E-state index in [1.165, 1.54) is 25.1 Å². The number of benzene rings is 1. The Labute approximate surface area is 101 Å². The Balaban J connectivity index is 2.62. The zero-order valence-electron chi connectivity index (χ0n) is 8.54. The molecule has 0 aliphatic rings. The zero-order chi connectivity index (χ0) is 12.1. The van der Waals surface area contributed by atoms with Crippen LogP contribution in [0, 0.1) is 5.82 Å². The minimum absolute atomic E-state index is 0.0913. The van der Waals surface area contributed by atoms with Crippen LogP contribution in [0.5, 0.6) is 5.75 Å². The van der Waals surface area contributed by atoms with Crippen LogP contribution in [0.4, 0.5) is 4.39 Å². The van der Waals surface area contributed by atoms with Crippen LogP contribution in [0.1, 0.15) is 6.92 Å². The molecule has 0 aromatic heterocycles. The minimum atomic E-state index is -0.996. The molecule has 86 valence electrons. The summed E-state index contributed by atoms with van der Waals surface area (Å²) in [6.07, 6.45) is 1.42. The Morgan fingerprint density at radius 2 is 2.25 bits per heavy atom. The largest absolute Gasteiger partial charge is 0.489 e. The fourth-order valence-electron chi connectivity index (χ4n) is 0.962. The summed E-state index contributed by atoms with van der Waals surface area (Å²) >= 11 is 3.13. The molecule has 0 amide bonds. The SMILES string of the molecule is C/C(=C/COc1cc(F)cc(Br)c1)C(=O)O. The molecule has 0 aliphatic heterocycles. The Morgan fingerprint density at radius 1 is 1.56 bits per heavy atom. The summed E-state index contributed by atoms with van der Waals surface area (Å²) in [5, 5.41) is 8.58. The summed E-state index contributed by atoms with van der Waals surface area (Å²) in [6.45, 7) is 1.56. The minimum Gasteiger partial charge on any atom is -0.489 e. The number of carboxylic acid groups (broad SMARTS) is 1. The number of aliphatic carboxylic acids is 1. The number of hydrogen-bond acceptors (Lipinski definition) is 2. The van der Waals surface area contributed by atoms with Crippen molar-refractivity contribution in [1.82, 2.24) is 0 Å². The van der Waals surface area contributed by atoms with E-state index in [2.05, 4.69) is 15.9 Å². The predicted octanol–water partition coefficient (Wildman–Crippen LogP) is 3.00. The Kier molecular flexibility index (Phi) is 4.49. The molecule has 0 saturated heterocycles. The quantitative estimate of drug-likeness (QED) is 0.867. The standard InChI is InChI=1S/C11H10BrFO3/c1-7(11(14)15)2-3-16-10-5-8(12)4-9(13)6-10/h2,4-6H,3H2,1H3,(H,14,15)/b7-2-. The summed E-state index contributed by atoms with van der Waals surface area (Å²) < 4.78 is 18.7. The molecule has 0 unspecified atom stereocenters. The molecule has 0 bridgehead atoms. The molecular formula is C11H10BrFO3. The van der Waals surface area contributed by atoms with Crippen molar-refractivity contribution in [2.24, 2.45) is 0 Å². The molecule has 1 aromatic carbocycles.